The Kier molecular flexibility index (Phi) is 4.90. The molecule has 88 valence electrons. The normalized spacial score (nSPS) is 13.2. The van der Waals surface area contributed by atoms with Crippen molar-refractivity contribution >= 4 is 40.8 Å². The first-order valence-electron chi connectivity index (χ1n) is 4.62. The van der Waals surface area contributed by atoms with Crippen LogP contribution in [-0.2, 0) is 9.53 Å². The maximum atomic E-state index is 11.3. The Morgan fingerprint density at radius 3 is 2.44 bits per heavy atom. The third-order valence-electron chi connectivity index (χ3n) is 2.08. The van der Waals surface area contributed by atoms with Gasteiger partial charge in [0.25, 0.3) is 0 Å². The number of rotatable bonds is 4. The molecule has 1 atom stereocenters. The standard InChI is InChI=1S/C11H11Cl3O2/c1-16-10(15)11(13,14)7-9(12)8-5-3-2-4-6-8/h2-6,9H,7H2,1H3. The first kappa shape index (κ1) is 13.6. The molecule has 1 rings (SSSR count). The van der Waals surface area contributed by atoms with Crippen LogP contribution in [0.5, 0.6) is 0 Å². The maximum Gasteiger partial charge on any atom is 0.342 e. The van der Waals surface area contributed by atoms with Crippen LogP contribution in [0.1, 0.15) is 17.4 Å². The van der Waals surface area contributed by atoms with E-state index in [1.54, 1.807) is 0 Å². The molecule has 0 heterocycles. The number of carbonyl (C=O) groups excluding carboxylic acids is 1. The van der Waals surface area contributed by atoms with Crippen LogP contribution in [0.3, 0.4) is 0 Å². The van der Waals surface area contributed by atoms with Crippen molar-refractivity contribution in [2.45, 2.75) is 16.1 Å². The Labute approximate surface area is 109 Å². The maximum absolute atomic E-state index is 11.3. The second-order valence-corrected chi connectivity index (χ2v) is 5.29. The van der Waals surface area contributed by atoms with E-state index < -0.39 is 15.7 Å². The lowest BCUT2D eigenvalue weighted by atomic mass is 10.1. The van der Waals surface area contributed by atoms with Crippen molar-refractivity contribution in [3.63, 3.8) is 0 Å². The van der Waals surface area contributed by atoms with Crippen molar-refractivity contribution in [3.05, 3.63) is 35.9 Å². The molecule has 2 nitrogen and oxygen atoms in total. The smallest absolute Gasteiger partial charge is 0.342 e. The summed E-state index contributed by atoms with van der Waals surface area (Å²) in [7, 11) is 1.23. The minimum absolute atomic E-state index is 0.0916. The zero-order valence-electron chi connectivity index (χ0n) is 8.62. The average Bonchev–Trinajstić information content (AvgIpc) is 2.28. The molecule has 0 spiro atoms. The Morgan fingerprint density at radius 1 is 1.38 bits per heavy atom. The summed E-state index contributed by atoms with van der Waals surface area (Å²) in [5, 5.41) is -0.435. The van der Waals surface area contributed by atoms with Gasteiger partial charge in [0.2, 0.25) is 4.33 Å². The molecule has 0 aliphatic rings. The van der Waals surface area contributed by atoms with Crippen molar-refractivity contribution in [1.82, 2.24) is 0 Å². The molecule has 0 aliphatic heterocycles. The SMILES string of the molecule is COC(=O)C(Cl)(Cl)CC(Cl)c1ccccc1. The molecule has 0 saturated heterocycles. The highest BCUT2D eigenvalue weighted by atomic mass is 35.5. The molecule has 16 heavy (non-hydrogen) atoms. The molecule has 0 aromatic heterocycles. The van der Waals surface area contributed by atoms with E-state index in [0.717, 1.165) is 5.56 Å². The number of alkyl halides is 3. The summed E-state index contributed by atoms with van der Waals surface area (Å²) in [5.74, 6) is -0.697. The Morgan fingerprint density at radius 2 is 1.94 bits per heavy atom. The second-order valence-electron chi connectivity index (χ2n) is 3.28. The number of hydrogen-bond acceptors (Lipinski definition) is 2. The van der Waals surface area contributed by atoms with E-state index in [0.29, 0.717) is 0 Å². The number of benzene rings is 1. The average molecular weight is 282 g/mol. The summed E-state index contributed by atoms with van der Waals surface area (Å²) < 4.78 is 2.88. The van der Waals surface area contributed by atoms with Gasteiger partial charge in [0.05, 0.1) is 12.5 Å². The van der Waals surface area contributed by atoms with Crippen LogP contribution in [0.4, 0.5) is 0 Å². The van der Waals surface area contributed by atoms with E-state index in [1.165, 1.54) is 7.11 Å². The van der Waals surface area contributed by atoms with Crippen LogP contribution in [0, 0.1) is 0 Å². The molecule has 0 fully saturated rings. The summed E-state index contributed by atoms with van der Waals surface area (Å²) in [4.78, 5) is 11.3. The number of carbonyl (C=O) groups is 1. The van der Waals surface area contributed by atoms with Crippen molar-refractivity contribution in [1.29, 1.82) is 0 Å². The Balaban J connectivity index is 2.71. The van der Waals surface area contributed by atoms with E-state index >= 15 is 0 Å². The molecule has 1 aromatic carbocycles. The molecule has 0 aliphatic carbocycles. The highest BCUT2D eigenvalue weighted by molar-refractivity contribution is 6.57. The van der Waals surface area contributed by atoms with Gasteiger partial charge in [-0.25, -0.2) is 4.79 Å². The van der Waals surface area contributed by atoms with E-state index in [2.05, 4.69) is 4.74 Å². The van der Waals surface area contributed by atoms with Gasteiger partial charge in [-0.15, -0.1) is 11.6 Å². The fourth-order valence-corrected chi connectivity index (χ4v) is 2.24. The summed E-state index contributed by atoms with van der Waals surface area (Å²) in [6, 6.07) is 9.28. The van der Waals surface area contributed by atoms with Gasteiger partial charge in [-0.3, -0.25) is 0 Å². The molecule has 1 aromatic rings. The number of hydrogen-bond donors (Lipinski definition) is 0. The lowest BCUT2D eigenvalue weighted by Gasteiger charge is -2.19. The monoisotopic (exact) mass is 280 g/mol. The minimum atomic E-state index is -1.61. The van der Waals surface area contributed by atoms with E-state index in [-0.39, 0.29) is 6.42 Å². The molecular weight excluding hydrogens is 270 g/mol. The summed E-state index contributed by atoms with van der Waals surface area (Å²) >= 11 is 17.8. The number of esters is 1. The minimum Gasteiger partial charge on any atom is -0.467 e. The predicted molar refractivity (Wildman–Crippen MR) is 66.1 cm³/mol. The molecule has 0 bridgehead atoms. The van der Waals surface area contributed by atoms with Crippen molar-refractivity contribution in [2.75, 3.05) is 7.11 Å². The lowest BCUT2D eigenvalue weighted by molar-refractivity contribution is -0.141. The molecule has 1 unspecified atom stereocenters. The summed E-state index contributed by atoms with van der Waals surface area (Å²) in [5.41, 5.74) is 0.860. The van der Waals surface area contributed by atoms with Gasteiger partial charge < -0.3 is 4.74 Å². The van der Waals surface area contributed by atoms with Crippen molar-refractivity contribution in [3.8, 4) is 0 Å². The van der Waals surface area contributed by atoms with Crippen LogP contribution in [0.2, 0.25) is 0 Å². The van der Waals surface area contributed by atoms with Crippen LogP contribution < -0.4 is 0 Å². The zero-order valence-corrected chi connectivity index (χ0v) is 10.9. The summed E-state index contributed by atoms with van der Waals surface area (Å²) in [6.07, 6.45) is 0.0916. The van der Waals surface area contributed by atoms with Crippen LogP contribution in [0.25, 0.3) is 0 Å². The largest absolute Gasteiger partial charge is 0.467 e. The van der Waals surface area contributed by atoms with E-state index in [1.807, 2.05) is 30.3 Å². The van der Waals surface area contributed by atoms with E-state index in [4.69, 9.17) is 34.8 Å². The lowest BCUT2D eigenvalue weighted by Crippen LogP contribution is -2.28. The first-order valence-corrected chi connectivity index (χ1v) is 5.82. The number of methoxy groups -OCH3 is 1. The van der Waals surface area contributed by atoms with Gasteiger partial charge in [-0.1, -0.05) is 53.5 Å². The number of ether oxygens (including phenoxy) is 1. The third kappa shape index (κ3) is 3.55. The molecule has 0 N–H and O–H groups in total. The van der Waals surface area contributed by atoms with Gasteiger partial charge in [-0.05, 0) is 5.56 Å². The number of halogens is 3. The highest BCUT2D eigenvalue weighted by Crippen LogP contribution is 2.37. The van der Waals surface area contributed by atoms with Crippen LogP contribution in [0.15, 0.2) is 30.3 Å². The van der Waals surface area contributed by atoms with Gasteiger partial charge in [-0.2, -0.15) is 0 Å². The highest BCUT2D eigenvalue weighted by Gasteiger charge is 2.37. The molecule has 0 saturated carbocycles. The van der Waals surface area contributed by atoms with Crippen LogP contribution in [-0.4, -0.2) is 17.4 Å². The first-order chi connectivity index (χ1) is 7.47. The fraction of sp³-hybridized carbons (Fsp3) is 0.364. The second kappa shape index (κ2) is 5.76. The molecular formula is C11H11Cl3O2. The Hall–Kier alpha value is -0.440. The van der Waals surface area contributed by atoms with Crippen molar-refractivity contribution in [2.24, 2.45) is 0 Å². The molecule has 0 amide bonds. The van der Waals surface area contributed by atoms with Gasteiger partial charge in [0.15, 0.2) is 0 Å². The zero-order chi connectivity index (χ0) is 12.2. The summed E-state index contributed by atoms with van der Waals surface area (Å²) in [6.45, 7) is 0. The predicted octanol–water partition coefficient (Wildman–Crippen LogP) is 3.70. The fourth-order valence-electron chi connectivity index (χ4n) is 1.24. The van der Waals surface area contributed by atoms with Gasteiger partial charge >= 0.3 is 5.97 Å². The Bertz CT molecular complexity index is 352. The van der Waals surface area contributed by atoms with Gasteiger partial charge in [0, 0.05) is 6.42 Å². The van der Waals surface area contributed by atoms with Gasteiger partial charge in [0.1, 0.15) is 0 Å². The molecule has 5 heteroatoms. The third-order valence-corrected chi connectivity index (χ3v) is 3.10. The quantitative estimate of drug-likeness (QED) is 0.621. The van der Waals surface area contributed by atoms with Crippen molar-refractivity contribution < 1.29 is 9.53 Å². The molecule has 0 radical (unpaired) electrons. The topological polar surface area (TPSA) is 26.3 Å². The van der Waals surface area contributed by atoms with E-state index in [9.17, 15) is 4.79 Å². The van der Waals surface area contributed by atoms with Crippen LogP contribution >= 0.6 is 34.8 Å².